The van der Waals surface area contributed by atoms with Crippen molar-refractivity contribution in [2.75, 3.05) is 0 Å². The third-order valence-corrected chi connectivity index (χ3v) is 2.44. The van der Waals surface area contributed by atoms with Gasteiger partial charge in [-0.25, -0.2) is 4.98 Å². The van der Waals surface area contributed by atoms with Crippen molar-refractivity contribution in [2.45, 2.75) is 20.8 Å². The predicted octanol–water partition coefficient (Wildman–Crippen LogP) is 1.48. The van der Waals surface area contributed by atoms with E-state index >= 15 is 0 Å². The number of nitrogens with one attached hydrogen (secondary N) is 2. The van der Waals surface area contributed by atoms with Crippen LogP contribution in [0.15, 0.2) is 18.5 Å². The zero-order chi connectivity index (χ0) is 10.7. The Kier molecular flexibility index (Phi) is 3.17. The van der Waals surface area contributed by atoms with Gasteiger partial charge in [0, 0.05) is 18.3 Å². The molecule has 0 fully saturated rings. The lowest BCUT2D eigenvalue weighted by atomic mass is 9.97. The van der Waals surface area contributed by atoms with Crippen molar-refractivity contribution < 1.29 is 0 Å². The molecule has 0 aromatic carbocycles. The highest BCUT2D eigenvalue weighted by Gasteiger charge is 2.14. The Morgan fingerprint density at radius 3 is 2.57 bits per heavy atom. The van der Waals surface area contributed by atoms with Crippen molar-refractivity contribution in [1.29, 1.82) is 10.8 Å². The average molecular weight is 192 g/mol. The van der Waals surface area contributed by atoms with Crippen LogP contribution in [-0.2, 0) is 0 Å². The van der Waals surface area contributed by atoms with E-state index in [4.69, 9.17) is 10.8 Å². The fourth-order valence-electron chi connectivity index (χ4n) is 1.10. The van der Waals surface area contributed by atoms with E-state index < -0.39 is 0 Å². The molecule has 1 unspecified atom stereocenters. The zero-order valence-electron chi connectivity index (χ0n) is 8.78. The van der Waals surface area contributed by atoms with E-state index in [1.54, 1.807) is 18.5 Å². The summed E-state index contributed by atoms with van der Waals surface area (Å²) < 4.78 is 1.50. The van der Waals surface area contributed by atoms with Gasteiger partial charge in [-0.15, -0.1) is 0 Å². The minimum atomic E-state index is 0.116. The van der Waals surface area contributed by atoms with Gasteiger partial charge in [0.25, 0.3) is 0 Å². The number of rotatable bonds is 2. The molecule has 0 bridgehead atoms. The maximum Gasteiger partial charge on any atom is 0.227 e. The van der Waals surface area contributed by atoms with E-state index in [0.717, 1.165) is 0 Å². The second-order valence-electron chi connectivity index (χ2n) is 3.73. The van der Waals surface area contributed by atoms with Gasteiger partial charge in [-0.1, -0.05) is 20.8 Å². The Balaban J connectivity index is 3.02. The maximum atomic E-state index is 7.91. The first-order valence-electron chi connectivity index (χ1n) is 4.71. The molecule has 0 amide bonds. The molecule has 0 radical (unpaired) electrons. The fraction of sp³-hybridized carbons (Fsp3) is 0.500. The zero-order valence-corrected chi connectivity index (χ0v) is 8.78. The highest BCUT2D eigenvalue weighted by atomic mass is 15.1. The molecule has 1 aromatic rings. The SMILES string of the molecule is CC(C)C(C)C(=N)n1cccnc1=N. The predicted molar refractivity (Wildman–Crippen MR) is 55.2 cm³/mol. The van der Waals surface area contributed by atoms with Crippen LogP contribution in [-0.4, -0.2) is 15.4 Å². The minimum Gasteiger partial charge on any atom is -0.288 e. The van der Waals surface area contributed by atoms with Crippen LogP contribution in [0.2, 0.25) is 0 Å². The van der Waals surface area contributed by atoms with Crippen LogP contribution < -0.4 is 5.62 Å². The molecule has 0 spiro atoms. The first-order chi connectivity index (χ1) is 6.54. The molecular weight excluding hydrogens is 176 g/mol. The topological polar surface area (TPSA) is 65.5 Å². The molecule has 14 heavy (non-hydrogen) atoms. The summed E-state index contributed by atoms with van der Waals surface area (Å²) in [5.74, 6) is 0.959. The van der Waals surface area contributed by atoms with Gasteiger partial charge in [0.05, 0.1) is 0 Å². The van der Waals surface area contributed by atoms with E-state index in [-0.39, 0.29) is 11.5 Å². The van der Waals surface area contributed by atoms with Gasteiger partial charge < -0.3 is 0 Å². The van der Waals surface area contributed by atoms with Crippen LogP contribution in [0.3, 0.4) is 0 Å². The summed E-state index contributed by atoms with van der Waals surface area (Å²) in [7, 11) is 0. The second-order valence-corrected chi connectivity index (χ2v) is 3.73. The summed E-state index contributed by atoms with van der Waals surface area (Å²) in [6, 6.07) is 1.74. The van der Waals surface area contributed by atoms with Crippen molar-refractivity contribution in [2.24, 2.45) is 11.8 Å². The third kappa shape index (κ3) is 2.07. The molecule has 2 N–H and O–H groups in total. The van der Waals surface area contributed by atoms with E-state index in [0.29, 0.717) is 11.8 Å². The molecule has 1 heterocycles. The van der Waals surface area contributed by atoms with Crippen molar-refractivity contribution in [3.63, 3.8) is 0 Å². The lowest BCUT2D eigenvalue weighted by molar-refractivity contribution is 0.516. The molecule has 0 aliphatic heterocycles. The number of hydrogen-bond donors (Lipinski definition) is 2. The van der Waals surface area contributed by atoms with Crippen molar-refractivity contribution >= 4 is 5.84 Å². The fourth-order valence-corrected chi connectivity index (χ4v) is 1.10. The van der Waals surface area contributed by atoms with Gasteiger partial charge in [0.2, 0.25) is 5.62 Å². The second kappa shape index (κ2) is 4.17. The van der Waals surface area contributed by atoms with Crippen LogP contribution in [0.25, 0.3) is 0 Å². The van der Waals surface area contributed by atoms with Gasteiger partial charge in [-0.05, 0) is 12.0 Å². The quantitative estimate of drug-likeness (QED) is 0.541. The van der Waals surface area contributed by atoms with Crippen LogP contribution in [0, 0.1) is 22.7 Å². The van der Waals surface area contributed by atoms with Gasteiger partial charge in [0.1, 0.15) is 5.84 Å². The van der Waals surface area contributed by atoms with Crippen LogP contribution in [0.1, 0.15) is 20.8 Å². The monoisotopic (exact) mass is 192 g/mol. The van der Waals surface area contributed by atoms with E-state index in [1.165, 1.54) is 4.57 Å². The molecule has 0 saturated heterocycles. The summed E-state index contributed by atoms with van der Waals surface area (Å²) in [6.45, 7) is 6.13. The molecule has 4 nitrogen and oxygen atoms in total. The first-order valence-corrected chi connectivity index (χ1v) is 4.71. The molecule has 4 heteroatoms. The lowest BCUT2D eigenvalue weighted by Gasteiger charge is -2.18. The number of nitrogens with zero attached hydrogens (tertiary/aromatic N) is 2. The summed E-state index contributed by atoms with van der Waals surface area (Å²) in [4.78, 5) is 3.83. The average Bonchev–Trinajstić information content (AvgIpc) is 2.16. The van der Waals surface area contributed by atoms with E-state index in [9.17, 15) is 0 Å². The van der Waals surface area contributed by atoms with Crippen molar-refractivity contribution in [1.82, 2.24) is 9.55 Å². The molecule has 76 valence electrons. The highest BCUT2D eigenvalue weighted by molar-refractivity contribution is 5.83. The highest BCUT2D eigenvalue weighted by Crippen LogP contribution is 2.10. The van der Waals surface area contributed by atoms with Crippen LogP contribution >= 0.6 is 0 Å². The Morgan fingerprint density at radius 1 is 1.43 bits per heavy atom. The molecule has 1 rings (SSSR count). The van der Waals surface area contributed by atoms with Crippen LogP contribution in [0.4, 0.5) is 0 Å². The standard InChI is InChI=1S/C10H16N4/c1-7(2)8(3)9(11)14-6-4-5-13-10(14)12/h4-8,11-12H,1-3H3. The summed E-state index contributed by atoms with van der Waals surface area (Å²) in [5, 5.41) is 15.5. The lowest BCUT2D eigenvalue weighted by Crippen LogP contribution is -2.33. The largest absolute Gasteiger partial charge is 0.288 e. The van der Waals surface area contributed by atoms with Crippen molar-refractivity contribution in [3.05, 3.63) is 24.1 Å². The third-order valence-electron chi connectivity index (χ3n) is 2.44. The first kappa shape index (κ1) is 10.6. The normalized spacial score (nSPS) is 12.9. The van der Waals surface area contributed by atoms with Gasteiger partial charge in [-0.3, -0.25) is 15.4 Å². The Morgan fingerprint density at radius 2 is 2.07 bits per heavy atom. The maximum absolute atomic E-state index is 7.91. The Bertz CT molecular complexity index is 378. The molecular formula is C10H16N4. The number of hydrogen-bond acceptors (Lipinski definition) is 3. The van der Waals surface area contributed by atoms with Crippen LogP contribution in [0.5, 0.6) is 0 Å². The minimum absolute atomic E-state index is 0.116. The summed E-state index contributed by atoms with van der Waals surface area (Å²) >= 11 is 0. The van der Waals surface area contributed by atoms with Gasteiger partial charge >= 0.3 is 0 Å². The molecule has 0 saturated carbocycles. The molecule has 1 aromatic heterocycles. The van der Waals surface area contributed by atoms with Gasteiger partial charge in [-0.2, -0.15) is 0 Å². The number of aromatic nitrogens is 2. The van der Waals surface area contributed by atoms with Crippen molar-refractivity contribution in [3.8, 4) is 0 Å². The Hall–Kier alpha value is -1.45. The summed E-state index contributed by atoms with van der Waals surface area (Å²) in [5.41, 5.74) is 0.116. The molecule has 0 aliphatic carbocycles. The molecule has 0 aliphatic rings. The van der Waals surface area contributed by atoms with Gasteiger partial charge in [0.15, 0.2) is 0 Å². The van der Waals surface area contributed by atoms with E-state index in [2.05, 4.69) is 18.8 Å². The summed E-state index contributed by atoms with van der Waals surface area (Å²) in [6.07, 6.45) is 3.27. The molecule has 1 atom stereocenters. The van der Waals surface area contributed by atoms with E-state index in [1.807, 2.05) is 6.92 Å². The smallest absolute Gasteiger partial charge is 0.227 e. The Labute approximate surface area is 83.6 Å².